The summed E-state index contributed by atoms with van der Waals surface area (Å²) in [4.78, 5) is 2.30. The maximum absolute atomic E-state index is 13.7. The smallest absolute Gasteiger partial charge is 0.123 e. The number of fused-ring (bicyclic) bond motifs is 4. The number of aromatic nitrogens is 1. The molecule has 0 saturated carbocycles. The zero-order valence-electron chi connectivity index (χ0n) is 20.1. The van der Waals surface area contributed by atoms with Crippen molar-refractivity contribution in [2.24, 2.45) is 0 Å². The molecule has 0 aliphatic rings. The first-order valence-corrected chi connectivity index (χ1v) is 12.4. The second-order valence-electron chi connectivity index (χ2n) is 9.23. The van der Waals surface area contributed by atoms with Gasteiger partial charge in [-0.2, -0.15) is 0 Å². The van der Waals surface area contributed by atoms with Gasteiger partial charge in [0.15, 0.2) is 0 Å². The largest absolute Gasteiger partial charge is 0.310 e. The molecular weight excluding hydrogens is 455 g/mol. The Morgan fingerprint density at radius 2 is 1.11 bits per heavy atom. The van der Waals surface area contributed by atoms with Crippen molar-refractivity contribution < 1.29 is 4.39 Å². The Kier molecular flexibility index (Phi) is 5.00. The summed E-state index contributed by atoms with van der Waals surface area (Å²) in [6.07, 6.45) is 0. The molecule has 1 aromatic heterocycles. The van der Waals surface area contributed by atoms with Gasteiger partial charge in [0.05, 0.1) is 11.0 Å². The highest BCUT2D eigenvalue weighted by molar-refractivity contribution is 6.10. The average Bonchev–Trinajstić information content (AvgIpc) is 3.28. The van der Waals surface area contributed by atoms with Crippen LogP contribution >= 0.6 is 0 Å². The number of rotatable bonds is 4. The quantitative estimate of drug-likeness (QED) is 0.244. The Labute approximate surface area is 214 Å². The predicted molar refractivity (Wildman–Crippen MR) is 153 cm³/mol. The molecule has 0 aliphatic carbocycles. The molecule has 7 aromatic rings. The van der Waals surface area contributed by atoms with E-state index in [0.717, 1.165) is 44.6 Å². The number of benzene rings is 6. The van der Waals surface area contributed by atoms with Gasteiger partial charge in [-0.25, -0.2) is 4.39 Å². The Balaban J connectivity index is 1.47. The van der Waals surface area contributed by atoms with Crippen LogP contribution in [0.15, 0.2) is 140 Å². The molecule has 7 rings (SSSR count). The van der Waals surface area contributed by atoms with Crippen LogP contribution < -0.4 is 4.90 Å². The van der Waals surface area contributed by atoms with Crippen molar-refractivity contribution in [2.45, 2.75) is 0 Å². The Hall–Kier alpha value is -4.89. The van der Waals surface area contributed by atoms with Crippen molar-refractivity contribution in [2.75, 3.05) is 4.90 Å². The van der Waals surface area contributed by atoms with E-state index in [1.54, 1.807) is 0 Å². The van der Waals surface area contributed by atoms with Gasteiger partial charge < -0.3 is 9.47 Å². The van der Waals surface area contributed by atoms with E-state index in [0.29, 0.717) is 0 Å². The van der Waals surface area contributed by atoms with Crippen LogP contribution in [0.3, 0.4) is 0 Å². The van der Waals surface area contributed by atoms with Crippen molar-refractivity contribution in [1.29, 1.82) is 0 Å². The summed E-state index contributed by atoms with van der Waals surface area (Å²) in [5, 5.41) is 4.74. The molecule has 0 radical (unpaired) electrons. The molecule has 0 bridgehead atoms. The maximum Gasteiger partial charge on any atom is 0.123 e. The summed E-state index contributed by atoms with van der Waals surface area (Å²) in [5.41, 5.74) is 6.40. The molecule has 3 heteroatoms. The van der Waals surface area contributed by atoms with E-state index in [4.69, 9.17) is 0 Å². The van der Waals surface area contributed by atoms with E-state index >= 15 is 0 Å². The molecule has 0 amide bonds. The number of para-hydroxylation sites is 2. The fourth-order valence-electron chi connectivity index (χ4n) is 5.31. The van der Waals surface area contributed by atoms with Gasteiger partial charge in [0.1, 0.15) is 5.82 Å². The lowest BCUT2D eigenvalue weighted by atomic mass is 10.1. The highest BCUT2D eigenvalue weighted by atomic mass is 19.1. The molecule has 6 aromatic carbocycles. The van der Waals surface area contributed by atoms with Gasteiger partial charge in [0.25, 0.3) is 0 Å². The summed E-state index contributed by atoms with van der Waals surface area (Å²) in [5.74, 6) is -0.235. The van der Waals surface area contributed by atoms with Gasteiger partial charge in [0, 0.05) is 33.5 Å². The first-order chi connectivity index (χ1) is 18.3. The summed E-state index contributed by atoms with van der Waals surface area (Å²) in [6, 6.07) is 47.2. The molecule has 0 aliphatic heterocycles. The van der Waals surface area contributed by atoms with E-state index in [1.807, 2.05) is 24.3 Å². The van der Waals surface area contributed by atoms with E-state index in [-0.39, 0.29) is 5.82 Å². The minimum atomic E-state index is -0.235. The predicted octanol–water partition coefficient (Wildman–Crippen LogP) is 9.55. The van der Waals surface area contributed by atoms with Crippen LogP contribution in [0, 0.1) is 5.82 Å². The third-order valence-corrected chi connectivity index (χ3v) is 7.00. The molecule has 0 spiro atoms. The number of hydrogen-bond acceptors (Lipinski definition) is 1. The molecule has 37 heavy (non-hydrogen) atoms. The zero-order chi connectivity index (χ0) is 24.8. The first-order valence-electron chi connectivity index (χ1n) is 12.4. The van der Waals surface area contributed by atoms with E-state index in [2.05, 4.69) is 113 Å². The van der Waals surface area contributed by atoms with E-state index in [9.17, 15) is 4.39 Å². The molecule has 176 valence electrons. The molecule has 0 unspecified atom stereocenters. The molecule has 1 heterocycles. The Morgan fingerprint density at radius 1 is 0.459 bits per heavy atom. The van der Waals surface area contributed by atoms with Gasteiger partial charge in [-0.1, -0.05) is 66.7 Å². The molecule has 0 N–H and O–H groups in total. The second kappa shape index (κ2) is 8.65. The monoisotopic (exact) mass is 478 g/mol. The lowest BCUT2D eigenvalue weighted by Gasteiger charge is -2.26. The van der Waals surface area contributed by atoms with Crippen LogP contribution in [0.4, 0.5) is 21.5 Å². The maximum atomic E-state index is 13.7. The van der Waals surface area contributed by atoms with Crippen LogP contribution in [-0.2, 0) is 0 Å². The third kappa shape index (κ3) is 3.64. The zero-order valence-corrected chi connectivity index (χ0v) is 20.1. The molecule has 0 atom stereocenters. The fraction of sp³-hybridized carbons (Fsp3) is 0. The van der Waals surface area contributed by atoms with Crippen molar-refractivity contribution in [3.8, 4) is 5.69 Å². The second-order valence-corrected chi connectivity index (χ2v) is 9.23. The lowest BCUT2D eigenvalue weighted by Crippen LogP contribution is -2.09. The average molecular weight is 479 g/mol. The van der Waals surface area contributed by atoms with Crippen molar-refractivity contribution in [3.05, 3.63) is 145 Å². The third-order valence-electron chi connectivity index (χ3n) is 7.00. The summed E-state index contributed by atoms with van der Waals surface area (Å²) >= 11 is 0. The van der Waals surface area contributed by atoms with Crippen molar-refractivity contribution >= 4 is 49.6 Å². The van der Waals surface area contributed by atoms with Gasteiger partial charge in [-0.05, 0) is 83.6 Å². The number of nitrogens with zero attached hydrogens (tertiary/aromatic N) is 2. The normalized spacial score (nSPS) is 11.4. The summed E-state index contributed by atoms with van der Waals surface area (Å²) < 4.78 is 15.9. The van der Waals surface area contributed by atoms with Gasteiger partial charge in [-0.3, -0.25) is 0 Å². The number of anilines is 3. The van der Waals surface area contributed by atoms with E-state index in [1.165, 1.54) is 22.9 Å². The highest BCUT2D eigenvalue weighted by Crippen LogP contribution is 2.40. The minimum absolute atomic E-state index is 0.235. The van der Waals surface area contributed by atoms with Gasteiger partial charge in [0.2, 0.25) is 0 Å². The first kappa shape index (κ1) is 21.4. The van der Waals surface area contributed by atoms with Crippen LogP contribution in [0.5, 0.6) is 0 Å². The Morgan fingerprint density at radius 3 is 1.95 bits per heavy atom. The lowest BCUT2D eigenvalue weighted by molar-refractivity contribution is 0.627. The van der Waals surface area contributed by atoms with Gasteiger partial charge >= 0.3 is 0 Å². The summed E-state index contributed by atoms with van der Waals surface area (Å²) in [6.45, 7) is 0. The number of halogens is 1. The van der Waals surface area contributed by atoms with Crippen LogP contribution in [0.2, 0.25) is 0 Å². The van der Waals surface area contributed by atoms with Crippen LogP contribution in [-0.4, -0.2) is 4.57 Å². The molecule has 0 fully saturated rings. The summed E-state index contributed by atoms with van der Waals surface area (Å²) in [7, 11) is 0. The standard InChI is InChI=1S/C34H23FN2/c35-26-15-18-28(19-16-26)37-33-13-7-6-12-31(33)32-23-30(20-21-34(32)37)36(27-10-2-1-3-11-27)29-17-14-24-8-4-5-9-25(24)22-29/h1-23H. The number of hydrogen-bond donors (Lipinski definition) is 0. The molecule has 0 saturated heterocycles. The molecular formula is C34H23FN2. The minimum Gasteiger partial charge on any atom is -0.310 e. The topological polar surface area (TPSA) is 8.17 Å². The van der Waals surface area contributed by atoms with Crippen LogP contribution in [0.1, 0.15) is 0 Å². The van der Waals surface area contributed by atoms with Crippen LogP contribution in [0.25, 0.3) is 38.3 Å². The molecule has 2 nitrogen and oxygen atoms in total. The van der Waals surface area contributed by atoms with E-state index < -0.39 is 0 Å². The SMILES string of the molecule is Fc1ccc(-n2c3ccccc3c3cc(N(c4ccccc4)c4ccc5ccccc5c4)ccc32)cc1. The fourth-order valence-corrected chi connectivity index (χ4v) is 5.31. The highest BCUT2D eigenvalue weighted by Gasteiger charge is 2.17. The van der Waals surface area contributed by atoms with Crippen molar-refractivity contribution in [3.63, 3.8) is 0 Å². The Bertz CT molecular complexity index is 1890. The van der Waals surface area contributed by atoms with Crippen molar-refractivity contribution in [1.82, 2.24) is 4.57 Å². The van der Waals surface area contributed by atoms with Gasteiger partial charge in [-0.15, -0.1) is 0 Å².